The van der Waals surface area contributed by atoms with Crippen molar-refractivity contribution in [2.45, 2.75) is 19.9 Å². The molecule has 0 fully saturated rings. The van der Waals surface area contributed by atoms with E-state index in [1.807, 2.05) is 13.0 Å². The fourth-order valence-corrected chi connectivity index (χ4v) is 1.86. The summed E-state index contributed by atoms with van der Waals surface area (Å²) < 4.78 is 9.13. The van der Waals surface area contributed by atoms with Crippen molar-refractivity contribution in [3.63, 3.8) is 0 Å². The minimum absolute atomic E-state index is 0.0521. The molecular formula is C16H20N2O5. The van der Waals surface area contributed by atoms with Gasteiger partial charge in [0.05, 0.1) is 26.3 Å². The van der Waals surface area contributed by atoms with E-state index in [2.05, 4.69) is 20.1 Å². The Labute approximate surface area is 134 Å². The van der Waals surface area contributed by atoms with Crippen LogP contribution in [0.2, 0.25) is 0 Å². The SMILES string of the molecule is COC(=O)/C=C(/Nc1cccc(C(C)NC(C)=O)c1)C(=O)OC. The zero-order chi connectivity index (χ0) is 17.4. The predicted octanol–water partition coefficient (Wildman–Crippen LogP) is 1.53. The number of hydrogen-bond acceptors (Lipinski definition) is 6. The van der Waals surface area contributed by atoms with Crippen molar-refractivity contribution in [3.8, 4) is 0 Å². The topological polar surface area (TPSA) is 93.7 Å². The lowest BCUT2D eigenvalue weighted by molar-refractivity contribution is -0.138. The van der Waals surface area contributed by atoms with E-state index >= 15 is 0 Å². The number of rotatable bonds is 6. The molecule has 7 nitrogen and oxygen atoms in total. The van der Waals surface area contributed by atoms with Crippen LogP contribution in [-0.4, -0.2) is 32.1 Å². The highest BCUT2D eigenvalue weighted by molar-refractivity contribution is 5.98. The second-order valence-corrected chi connectivity index (χ2v) is 4.75. The van der Waals surface area contributed by atoms with E-state index in [0.717, 1.165) is 11.6 Å². The lowest BCUT2D eigenvalue weighted by atomic mass is 10.1. The van der Waals surface area contributed by atoms with Gasteiger partial charge in [-0.3, -0.25) is 4.79 Å². The summed E-state index contributed by atoms with van der Waals surface area (Å²) in [5.41, 5.74) is 1.36. The molecule has 0 heterocycles. The van der Waals surface area contributed by atoms with E-state index in [1.165, 1.54) is 21.1 Å². The molecule has 1 aromatic carbocycles. The van der Waals surface area contributed by atoms with Crippen LogP contribution in [0, 0.1) is 0 Å². The summed E-state index contributed by atoms with van der Waals surface area (Å²) in [6.07, 6.45) is 1.01. The number of carbonyl (C=O) groups is 3. The molecule has 0 radical (unpaired) electrons. The first-order chi connectivity index (χ1) is 10.9. The fraction of sp³-hybridized carbons (Fsp3) is 0.312. The first-order valence-electron chi connectivity index (χ1n) is 6.89. The zero-order valence-corrected chi connectivity index (χ0v) is 13.5. The number of nitrogens with one attached hydrogen (secondary N) is 2. The Morgan fingerprint density at radius 2 is 1.87 bits per heavy atom. The Bertz CT molecular complexity index is 625. The average Bonchev–Trinajstić information content (AvgIpc) is 2.52. The van der Waals surface area contributed by atoms with Crippen LogP contribution in [0.3, 0.4) is 0 Å². The number of ether oxygens (including phenoxy) is 2. The summed E-state index contributed by atoms with van der Waals surface area (Å²) in [6, 6.07) is 6.89. The number of benzene rings is 1. The second-order valence-electron chi connectivity index (χ2n) is 4.75. The Morgan fingerprint density at radius 3 is 2.43 bits per heavy atom. The van der Waals surface area contributed by atoms with Crippen LogP contribution in [0.1, 0.15) is 25.5 Å². The number of methoxy groups -OCH3 is 2. The van der Waals surface area contributed by atoms with E-state index in [1.54, 1.807) is 18.2 Å². The summed E-state index contributed by atoms with van der Waals surface area (Å²) in [4.78, 5) is 34.2. The normalized spacial score (nSPS) is 12.1. The molecular weight excluding hydrogens is 300 g/mol. The molecule has 0 aliphatic rings. The molecule has 0 saturated carbocycles. The monoisotopic (exact) mass is 320 g/mol. The van der Waals surface area contributed by atoms with Gasteiger partial charge in [-0.15, -0.1) is 0 Å². The van der Waals surface area contributed by atoms with E-state index < -0.39 is 11.9 Å². The van der Waals surface area contributed by atoms with Gasteiger partial charge in [0, 0.05) is 12.6 Å². The molecule has 7 heteroatoms. The molecule has 1 atom stereocenters. The largest absolute Gasteiger partial charge is 0.466 e. The number of esters is 2. The zero-order valence-electron chi connectivity index (χ0n) is 13.5. The number of hydrogen-bond donors (Lipinski definition) is 2. The molecule has 0 saturated heterocycles. The molecule has 0 bridgehead atoms. The third-order valence-electron chi connectivity index (χ3n) is 2.95. The van der Waals surface area contributed by atoms with E-state index in [0.29, 0.717) is 5.69 Å². The summed E-state index contributed by atoms with van der Waals surface area (Å²) in [6.45, 7) is 3.28. The van der Waals surface area contributed by atoms with E-state index in [9.17, 15) is 14.4 Å². The molecule has 0 spiro atoms. The molecule has 23 heavy (non-hydrogen) atoms. The number of anilines is 1. The van der Waals surface area contributed by atoms with E-state index in [-0.39, 0.29) is 17.6 Å². The summed E-state index contributed by atoms with van der Waals surface area (Å²) >= 11 is 0. The average molecular weight is 320 g/mol. The lowest BCUT2D eigenvalue weighted by Crippen LogP contribution is -2.23. The van der Waals surface area contributed by atoms with Gasteiger partial charge in [0.15, 0.2) is 0 Å². The summed E-state index contributed by atoms with van der Waals surface area (Å²) in [5, 5.41) is 5.58. The second kappa shape index (κ2) is 8.57. The molecule has 124 valence electrons. The van der Waals surface area contributed by atoms with Crippen LogP contribution in [0.25, 0.3) is 0 Å². The highest BCUT2D eigenvalue weighted by Crippen LogP contribution is 2.19. The molecule has 1 amide bonds. The molecule has 0 aliphatic heterocycles. The Balaban J connectivity index is 3.01. The van der Waals surface area contributed by atoms with Gasteiger partial charge in [0.2, 0.25) is 5.91 Å². The smallest absolute Gasteiger partial charge is 0.354 e. The van der Waals surface area contributed by atoms with Gasteiger partial charge in [-0.25, -0.2) is 9.59 Å². The van der Waals surface area contributed by atoms with Crippen LogP contribution in [0.5, 0.6) is 0 Å². The predicted molar refractivity (Wildman–Crippen MR) is 84.4 cm³/mol. The first kappa shape index (κ1) is 18.2. The van der Waals surface area contributed by atoms with Crippen molar-refractivity contribution in [2.75, 3.05) is 19.5 Å². The standard InChI is InChI=1S/C16H20N2O5/c1-10(17-11(2)19)12-6-5-7-13(8-12)18-14(16(21)23-4)9-15(20)22-3/h5-10,18H,1-4H3,(H,17,19)/b14-9+. The van der Waals surface area contributed by atoms with Crippen LogP contribution < -0.4 is 10.6 Å². The molecule has 2 N–H and O–H groups in total. The minimum atomic E-state index is -0.698. The van der Waals surface area contributed by atoms with Crippen molar-refractivity contribution in [1.82, 2.24) is 5.32 Å². The van der Waals surface area contributed by atoms with Crippen molar-refractivity contribution in [3.05, 3.63) is 41.6 Å². The Hall–Kier alpha value is -2.83. The summed E-state index contributed by atoms with van der Waals surface area (Å²) in [5.74, 6) is -1.52. The van der Waals surface area contributed by atoms with Crippen LogP contribution in [-0.2, 0) is 23.9 Å². The lowest BCUT2D eigenvalue weighted by Gasteiger charge is -2.15. The molecule has 0 aromatic heterocycles. The third-order valence-corrected chi connectivity index (χ3v) is 2.95. The van der Waals surface area contributed by atoms with Crippen molar-refractivity contribution in [1.29, 1.82) is 0 Å². The highest BCUT2D eigenvalue weighted by atomic mass is 16.5. The number of carbonyl (C=O) groups excluding carboxylic acids is 3. The minimum Gasteiger partial charge on any atom is -0.466 e. The maximum Gasteiger partial charge on any atom is 0.354 e. The quantitative estimate of drug-likeness (QED) is 0.610. The van der Waals surface area contributed by atoms with Crippen molar-refractivity contribution >= 4 is 23.5 Å². The maximum absolute atomic E-state index is 11.7. The molecule has 1 unspecified atom stereocenters. The molecule has 1 rings (SSSR count). The van der Waals surface area contributed by atoms with Crippen molar-refractivity contribution in [2.24, 2.45) is 0 Å². The van der Waals surface area contributed by atoms with Gasteiger partial charge in [-0.1, -0.05) is 12.1 Å². The van der Waals surface area contributed by atoms with Crippen LogP contribution >= 0.6 is 0 Å². The Morgan fingerprint density at radius 1 is 1.17 bits per heavy atom. The van der Waals surface area contributed by atoms with Gasteiger partial charge in [-0.2, -0.15) is 0 Å². The van der Waals surface area contributed by atoms with Gasteiger partial charge in [-0.05, 0) is 24.6 Å². The first-order valence-corrected chi connectivity index (χ1v) is 6.89. The van der Waals surface area contributed by atoms with Gasteiger partial charge < -0.3 is 20.1 Å². The highest BCUT2D eigenvalue weighted by Gasteiger charge is 2.14. The van der Waals surface area contributed by atoms with Crippen molar-refractivity contribution < 1.29 is 23.9 Å². The van der Waals surface area contributed by atoms with Gasteiger partial charge >= 0.3 is 11.9 Å². The maximum atomic E-state index is 11.7. The Kier molecular flexibility index (Phi) is 6.79. The third kappa shape index (κ3) is 5.82. The van der Waals surface area contributed by atoms with E-state index in [4.69, 9.17) is 0 Å². The van der Waals surface area contributed by atoms with Gasteiger partial charge in [0.1, 0.15) is 5.70 Å². The fourth-order valence-electron chi connectivity index (χ4n) is 1.86. The molecule has 1 aromatic rings. The number of amides is 1. The van der Waals surface area contributed by atoms with Crippen LogP contribution in [0.15, 0.2) is 36.0 Å². The van der Waals surface area contributed by atoms with Gasteiger partial charge in [0.25, 0.3) is 0 Å². The summed E-state index contributed by atoms with van der Waals surface area (Å²) in [7, 11) is 2.42. The van der Waals surface area contributed by atoms with Crippen LogP contribution in [0.4, 0.5) is 5.69 Å². The molecule has 0 aliphatic carbocycles.